The van der Waals surface area contributed by atoms with Crippen molar-refractivity contribution in [1.82, 2.24) is 15.5 Å². The molecule has 2 heterocycles. The van der Waals surface area contributed by atoms with Crippen molar-refractivity contribution in [2.24, 2.45) is 0 Å². The zero-order valence-corrected chi connectivity index (χ0v) is 11.8. The molecule has 21 heavy (non-hydrogen) atoms. The van der Waals surface area contributed by atoms with Crippen LogP contribution in [0.1, 0.15) is 32.1 Å². The van der Waals surface area contributed by atoms with Gasteiger partial charge in [0.1, 0.15) is 18.4 Å². The number of carbonyl (C=O) groups excluding carboxylic acids is 2. The maximum atomic E-state index is 12.4. The van der Waals surface area contributed by atoms with E-state index in [2.05, 4.69) is 15.5 Å². The molecule has 0 spiro atoms. The summed E-state index contributed by atoms with van der Waals surface area (Å²) < 4.78 is 5.53. The minimum Gasteiger partial charge on any atom is -0.490 e. The summed E-state index contributed by atoms with van der Waals surface area (Å²) in [4.78, 5) is 24.7. The van der Waals surface area contributed by atoms with Crippen LogP contribution in [-0.4, -0.2) is 34.5 Å². The highest BCUT2D eigenvalue weighted by Gasteiger charge is 2.30. The molecule has 1 atom stereocenters. The van der Waals surface area contributed by atoms with Gasteiger partial charge in [-0.2, -0.15) is 5.10 Å². The monoisotopic (exact) mass is 285 g/mol. The van der Waals surface area contributed by atoms with Gasteiger partial charge in [-0.15, -0.1) is 0 Å². The third-order valence-electron chi connectivity index (χ3n) is 3.54. The lowest BCUT2D eigenvalue weighted by molar-refractivity contribution is 0.0794. The lowest BCUT2D eigenvalue weighted by atomic mass is 10.0. The number of aromatic amines is 1. The van der Waals surface area contributed by atoms with Crippen LogP contribution in [0.15, 0.2) is 24.3 Å². The lowest BCUT2D eigenvalue weighted by Crippen LogP contribution is -2.47. The Balaban J connectivity index is 1.81. The van der Waals surface area contributed by atoms with Crippen LogP contribution in [0.5, 0.6) is 5.75 Å². The molecule has 0 unspecified atom stereocenters. The van der Waals surface area contributed by atoms with E-state index in [0.717, 1.165) is 0 Å². The zero-order valence-electron chi connectivity index (χ0n) is 11.8. The average Bonchev–Trinajstić information content (AvgIpc) is 2.81. The SMILES string of the molecule is Cc1n[nH]c(C)c1C(=O)N[C@H]1COc2ccccc2C1=O. The number of nitrogens with zero attached hydrogens (tertiary/aromatic N) is 1. The van der Waals surface area contributed by atoms with Crippen molar-refractivity contribution in [2.75, 3.05) is 6.61 Å². The van der Waals surface area contributed by atoms with Crippen LogP contribution in [0.3, 0.4) is 0 Å². The number of H-pyrrole nitrogens is 1. The quantitative estimate of drug-likeness (QED) is 0.873. The largest absolute Gasteiger partial charge is 0.490 e. The van der Waals surface area contributed by atoms with Crippen molar-refractivity contribution in [2.45, 2.75) is 19.9 Å². The van der Waals surface area contributed by atoms with Gasteiger partial charge in [-0.25, -0.2) is 0 Å². The van der Waals surface area contributed by atoms with E-state index in [1.165, 1.54) is 0 Å². The third-order valence-corrected chi connectivity index (χ3v) is 3.54. The van der Waals surface area contributed by atoms with Gasteiger partial charge in [0.2, 0.25) is 0 Å². The molecule has 1 aliphatic heterocycles. The van der Waals surface area contributed by atoms with E-state index < -0.39 is 6.04 Å². The smallest absolute Gasteiger partial charge is 0.255 e. The van der Waals surface area contributed by atoms with E-state index in [9.17, 15) is 9.59 Å². The Hall–Kier alpha value is -2.63. The summed E-state index contributed by atoms with van der Waals surface area (Å²) in [7, 11) is 0. The van der Waals surface area contributed by atoms with E-state index in [-0.39, 0.29) is 18.3 Å². The fourth-order valence-electron chi connectivity index (χ4n) is 2.46. The number of aryl methyl sites for hydroxylation is 2. The van der Waals surface area contributed by atoms with Crippen LogP contribution >= 0.6 is 0 Å². The Kier molecular flexibility index (Phi) is 3.21. The maximum absolute atomic E-state index is 12.4. The predicted octanol–water partition coefficient (Wildman–Crippen LogP) is 1.40. The number of hydrogen-bond acceptors (Lipinski definition) is 4. The standard InChI is InChI=1S/C15H15N3O3/c1-8-13(9(2)18-17-8)15(20)16-11-7-21-12-6-4-3-5-10(12)14(11)19/h3-6,11H,7H2,1-2H3,(H,16,20)(H,17,18)/t11-/m0/s1. The van der Waals surface area contributed by atoms with Crippen LogP contribution < -0.4 is 10.1 Å². The summed E-state index contributed by atoms with van der Waals surface area (Å²) in [5.41, 5.74) is 2.25. The molecule has 2 aromatic rings. The molecule has 0 saturated carbocycles. The minimum absolute atomic E-state index is 0.135. The summed E-state index contributed by atoms with van der Waals surface area (Å²) in [5, 5.41) is 9.46. The Morgan fingerprint density at radius 3 is 2.86 bits per heavy atom. The first kappa shape index (κ1) is 13.4. The van der Waals surface area contributed by atoms with Crippen molar-refractivity contribution >= 4 is 11.7 Å². The fraction of sp³-hybridized carbons (Fsp3) is 0.267. The summed E-state index contributed by atoms with van der Waals surface area (Å²) in [5.74, 6) is 0.104. The topological polar surface area (TPSA) is 84.1 Å². The fourth-order valence-corrected chi connectivity index (χ4v) is 2.46. The predicted molar refractivity (Wildman–Crippen MR) is 75.6 cm³/mol. The normalized spacial score (nSPS) is 17.0. The molecular weight excluding hydrogens is 270 g/mol. The summed E-state index contributed by atoms with van der Waals surface area (Å²) in [6, 6.07) is 6.35. The molecule has 1 aromatic carbocycles. The summed E-state index contributed by atoms with van der Waals surface area (Å²) >= 11 is 0. The number of nitrogens with one attached hydrogen (secondary N) is 2. The van der Waals surface area contributed by atoms with Gasteiger partial charge in [-0.1, -0.05) is 12.1 Å². The molecule has 1 amide bonds. The average molecular weight is 285 g/mol. The van der Waals surface area contributed by atoms with Crippen molar-refractivity contribution in [1.29, 1.82) is 0 Å². The number of rotatable bonds is 2. The van der Waals surface area contributed by atoms with E-state index in [4.69, 9.17) is 4.74 Å². The Morgan fingerprint density at radius 2 is 2.14 bits per heavy atom. The van der Waals surface area contributed by atoms with Gasteiger partial charge in [-0.05, 0) is 26.0 Å². The van der Waals surface area contributed by atoms with Gasteiger partial charge in [-0.3, -0.25) is 14.7 Å². The Bertz CT molecular complexity index is 701. The van der Waals surface area contributed by atoms with Gasteiger partial charge in [0.05, 0.1) is 16.8 Å². The zero-order chi connectivity index (χ0) is 15.0. The van der Waals surface area contributed by atoms with Gasteiger partial charge >= 0.3 is 0 Å². The maximum Gasteiger partial charge on any atom is 0.255 e. The highest BCUT2D eigenvalue weighted by atomic mass is 16.5. The van der Waals surface area contributed by atoms with Crippen LogP contribution in [0, 0.1) is 13.8 Å². The minimum atomic E-state index is -0.680. The number of fused-ring (bicyclic) bond motifs is 1. The lowest BCUT2D eigenvalue weighted by Gasteiger charge is -2.24. The highest BCUT2D eigenvalue weighted by Crippen LogP contribution is 2.24. The molecule has 0 fully saturated rings. The van der Waals surface area contributed by atoms with Crippen molar-refractivity contribution < 1.29 is 14.3 Å². The molecular formula is C15H15N3O3. The second-order valence-corrected chi connectivity index (χ2v) is 5.01. The molecule has 6 heteroatoms. The molecule has 1 aromatic heterocycles. The van der Waals surface area contributed by atoms with Crippen molar-refractivity contribution in [3.05, 3.63) is 46.8 Å². The van der Waals surface area contributed by atoms with Crippen LogP contribution in [0.2, 0.25) is 0 Å². The van der Waals surface area contributed by atoms with E-state index in [0.29, 0.717) is 28.3 Å². The summed E-state index contributed by atoms with van der Waals surface area (Å²) in [6.07, 6.45) is 0. The van der Waals surface area contributed by atoms with Gasteiger partial charge in [0, 0.05) is 5.69 Å². The number of aromatic nitrogens is 2. The molecule has 1 aliphatic rings. The van der Waals surface area contributed by atoms with E-state index in [1.54, 1.807) is 32.0 Å². The number of benzene rings is 1. The first-order valence-corrected chi connectivity index (χ1v) is 6.66. The van der Waals surface area contributed by atoms with Crippen LogP contribution in [0.4, 0.5) is 0 Å². The van der Waals surface area contributed by atoms with Gasteiger partial charge in [0.25, 0.3) is 5.91 Å². The number of Topliss-reactive ketones (excluding diaryl/α,β-unsaturated/α-hetero) is 1. The Morgan fingerprint density at radius 1 is 1.38 bits per heavy atom. The molecule has 0 aliphatic carbocycles. The van der Waals surface area contributed by atoms with E-state index in [1.807, 2.05) is 6.07 Å². The van der Waals surface area contributed by atoms with Gasteiger partial charge in [0.15, 0.2) is 5.78 Å². The highest BCUT2D eigenvalue weighted by molar-refractivity contribution is 6.07. The molecule has 0 radical (unpaired) electrons. The van der Waals surface area contributed by atoms with Crippen LogP contribution in [0.25, 0.3) is 0 Å². The Labute approximate surface area is 121 Å². The van der Waals surface area contributed by atoms with Gasteiger partial charge < -0.3 is 10.1 Å². The van der Waals surface area contributed by atoms with E-state index >= 15 is 0 Å². The molecule has 3 rings (SSSR count). The number of amides is 1. The van der Waals surface area contributed by atoms with Crippen molar-refractivity contribution in [3.8, 4) is 5.75 Å². The second kappa shape index (κ2) is 5.05. The summed E-state index contributed by atoms with van der Waals surface area (Å²) in [6.45, 7) is 3.65. The number of carbonyl (C=O) groups is 2. The first-order chi connectivity index (χ1) is 10.1. The van der Waals surface area contributed by atoms with Crippen molar-refractivity contribution in [3.63, 3.8) is 0 Å². The molecule has 0 saturated heterocycles. The number of ether oxygens (including phenoxy) is 1. The number of hydrogen-bond donors (Lipinski definition) is 2. The molecule has 0 bridgehead atoms. The first-order valence-electron chi connectivity index (χ1n) is 6.66. The molecule has 6 nitrogen and oxygen atoms in total. The second-order valence-electron chi connectivity index (χ2n) is 5.01. The molecule has 2 N–H and O–H groups in total. The van der Waals surface area contributed by atoms with Crippen LogP contribution in [-0.2, 0) is 0 Å². The third kappa shape index (κ3) is 2.29. The number of ketones is 1. The molecule has 108 valence electrons. The number of para-hydroxylation sites is 1.